The fourth-order valence-electron chi connectivity index (χ4n) is 2.43. The van der Waals surface area contributed by atoms with Gasteiger partial charge in [-0.15, -0.1) is 0 Å². The molecule has 0 aliphatic heterocycles. The lowest BCUT2D eigenvalue weighted by Crippen LogP contribution is -1.92. The standard InChI is InChI=1S/C14H13N/c1-9-13(15)7-6-11-8-10-4-2-3-5-12(10)14(9)11/h2-7H,8,15H2,1H3. The molecule has 0 atom stereocenters. The van der Waals surface area contributed by atoms with Crippen molar-refractivity contribution >= 4 is 5.69 Å². The first-order valence-corrected chi connectivity index (χ1v) is 5.23. The first-order chi connectivity index (χ1) is 7.27. The van der Waals surface area contributed by atoms with Crippen LogP contribution in [-0.2, 0) is 6.42 Å². The molecule has 0 unspecified atom stereocenters. The van der Waals surface area contributed by atoms with Gasteiger partial charge < -0.3 is 5.73 Å². The van der Waals surface area contributed by atoms with Crippen LogP contribution in [0.5, 0.6) is 0 Å². The van der Waals surface area contributed by atoms with Crippen molar-refractivity contribution in [3.8, 4) is 11.1 Å². The molecule has 0 saturated carbocycles. The Hall–Kier alpha value is -1.76. The number of nitrogens with two attached hydrogens (primary N) is 1. The summed E-state index contributed by atoms with van der Waals surface area (Å²) < 4.78 is 0. The third-order valence-corrected chi connectivity index (χ3v) is 3.26. The molecule has 0 bridgehead atoms. The van der Waals surface area contributed by atoms with E-state index in [1.54, 1.807) is 0 Å². The number of benzene rings is 2. The molecule has 1 heteroatoms. The smallest absolute Gasteiger partial charge is 0.0350 e. The third-order valence-electron chi connectivity index (χ3n) is 3.26. The van der Waals surface area contributed by atoms with Crippen molar-refractivity contribution in [3.05, 3.63) is 53.1 Å². The lowest BCUT2D eigenvalue weighted by molar-refractivity contribution is 1.26. The zero-order valence-corrected chi connectivity index (χ0v) is 8.75. The Morgan fingerprint density at radius 2 is 1.80 bits per heavy atom. The molecule has 3 rings (SSSR count). The third kappa shape index (κ3) is 1.09. The van der Waals surface area contributed by atoms with E-state index in [-0.39, 0.29) is 0 Å². The zero-order valence-electron chi connectivity index (χ0n) is 8.75. The maximum absolute atomic E-state index is 5.95. The van der Waals surface area contributed by atoms with Gasteiger partial charge in [-0.3, -0.25) is 0 Å². The van der Waals surface area contributed by atoms with Crippen LogP contribution in [0.4, 0.5) is 5.69 Å². The normalized spacial score (nSPS) is 12.3. The van der Waals surface area contributed by atoms with E-state index in [4.69, 9.17) is 5.73 Å². The Bertz CT molecular complexity index is 541. The lowest BCUT2D eigenvalue weighted by atomic mass is 9.99. The fraction of sp³-hybridized carbons (Fsp3) is 0.143. The van der Waals surface area contributed by atoms with Crippen LogP contribution in [0, 0.1) is 6.92 Å². The van der Waals surface area contributed by atoms with Gasteiger partial charge >= 0.3 is 0 Å². The zero-order chi connectivity index (χ0) is 10.4. The van der Waals surface area contributed by atoms with E-state index in [0.717, 1.165) is 12.1 Å². The molecule has 1 aliphatic carbocycles. The average molecular weight is 195 g/mol. The quantitative estimate of drug-likeness (QED) is 0.548. The maximum Gasteiger partial charge on any atom is 0.0350 e. The molecular weight excluding hydrogens is 182 g/mol. The number of hydrogen-bond acceptors (Lipinski definition) is 1. The van der Waals surface area contributed by atoms with E-state index in [0.29, 0.717) is 0 Å². The van der Waals surface area contributed by atoms with Gasteiger partial charge in [0.1, 0.15) is 0 Å². The van der Waals surface area contributed by atoms with E-state index in [1.807, 2.05) is 6.07 Å². The van der Waals surface area contributed by atoms with Crippen LogP contribution < -0.4 is 5.73 Å². The number of hydrogen-bond donors (Lipinski definition) is 1. The largest absolute Gasteiger partial charge is 0.398 e. The summed E-state index contributed by atoms with van der Waals surface area (Å²) in [5.41, 5.74) is 13.6. The molecule has 0 spiro atoms. The highest BCUT2D eigenvalue weighted by Crippen LogP contribution is 2.40. The second kappa shape index (κ2) is 2.86. The Kier molecular flexibility index (Phi) is 1.63. The molecule has 0 amide bonds. The second-order valence-corrected chi connectivity index (χ2v) is 4.15. The molecule has 2 N–H and O–H groups in total. The molecule has 0 aromatic heterocycles. The molecule has 2 aromatic rings. The summed E-state index contributed by atoms with van der Waals surface area (Å²) in [5, 5.41) is 0. The second-order valence-electron chi connectivity index (χ2n) is 4.15. The van der Waals surface area contributed by atoms with E-state index in [1.165, 1.54) is 27.8 Å². The van der Waals surface area contributed by atoms with Gasteiger partial charge in [-0.1, -0.05) is 30.3 Å². The highest BCUT2D eigenvalue weighted by molar-refractivity contribution is 5.82. The van der Waals surface area contributed by atoms with Crippen molar-refractivity contribution in [1.29, 1.82) is 0 Å². The van der Waals surface area contributed by atoms with Crippen molar-refractivity contribution in [2.24, 2.45) is 0 Å². The number of anilines is 1. The molecule has 0 fully saturated rings. The summed E-state index contributed by atoms with van der Waals surface area (Å²) in [6, 6.07) is 12.7. The SMILES string of the molecule is Cc1c(N)ccc2c1-c1ccccc1C2. The maximum atomic E-state index is 5.95. The van der Waals surface area contributed by atoms with Gasteiger partial charge in [0.2, 0.25) is 0 Å². The van der Waals surface area contributed by atoms with Crippen molar-refractivity contribution < 1.29 is 0 Å². The molecule has 2 aromatic carbocycles. The monoisotopic (exact) mass is 195 g/mol. The van der Waals surface area contributed by atoms with Gasteiger partial charge in [0.05, 0.1) is 0 Å². The molecule has 15 heavy (non-hydrogen) atoms. The Morgan fingerprint density at radius 3 is 2.67 bits per heavy atom. The minimum atomic E-state index is 0.894. The lowest BCUT2D eigenvalue weighted by Gasteiger charge is -2.07. The van der Waals surface area contributed by atoms with E-state index in [9.17, 15) is 0 Å². The van der Waals surface area contributed by atoms with Crippen molar-refractivity contribution in [2.45, 2.75) is 13.3 Å². The van der Waals surface area contributed by atoms with Crippen LogP contribution in [0.15, 0.2) is 36.4 Å². The van der Waals surface area contributed by atoms with Crippen LogP contribution in [0.3, 0.4) is 0 Å². The van der Waals surface area contributed by atoms with Crippen LogP contribution in [-0.4, -0.2) is 0 Å². The summed E-state index contributed by atoms with van der Waals surface area (Å²) in [5.74, 6) is 0. The number of nitrogen functional groups attached to an aromatic ring is 1. The molecule has 0 radical (unpaired) electrons. The van der Waals surface area contributed by atoms with Gasteiger partial charge in [0, 0.05) is 5.69 Å². The van der Waals surface area contributed by atoms with Crippen molar-refractivity contribution in [2.75, 3.05) is 5.73 Å². The molecule has 0 saturated heterocycles. The van der Waals surface area contributed by atoms with Crippen LogP contribution in [0.25, 0.3) is 11.1 Å². The first kappa shape index (κ1) is 8.54. The van der Waals surface area contributed by atoms with E-state index in [2.05, 4.69) is 37.3 Å². The highest BCUT2D eigenvalue weighted by Gasteiger charge is 2.20. The molecular formula is C14H13N. The average Bonchev–Trinajstić information content (AvgIpc) is 2.62. The molecule has 1 nitrogen and oxygen atoms in total. The van der Waals surface area contributed by atoms with E-state index < -0.39 is 0 Å². The Balaban J connectivity index is 2.36. The Morgan fingerprint density at radius 1 is 1.00 bits per heavy atom. The summed E-state index contributed by atoms with van der Waals surface area (Å²) in [6.45, 7) is 2.11. The Labute approximate surface area is 89.6 Å². The summed E-state index contributed by atoms with van der Waals surface area (Å²) in [4.78, 5) is 0. The predicted molar refractivity (Wildman–Crippen MR) is 63.8 cm³/mol. The summed E-state index contributed by atoms with van der Waals surface area (Å²) >= 11 is 0. The highest BCUT2D eigenvalue weighted by atomic mass is 14.6. The van der Waals surface area contributed by atoms with Crippen molar-refractivity contribution in [3.63, 3.8) is 0 Å². The topological polar surface area (TPSA) is 26.0 Å². The van der Waals surface area contributed by atoms with Crippen LogP contribution in [0.1, 0.15) is 16.7 Å². The van der Waals surface area contributed by atoms with Gasteiger partial charge in [-0.2, -0.15) is 0 Å². The van der Waals surface area contributed by atoms with Crippen molar-refractivity contribution in [1.82, 2.24) is 0 Å². The molecule has 1 aliphatic rings. The first-order valence-electron chi connectivity index (χ1n) is 5.23. The number of fused-ring (bicyclic) bond motifs is 3. The van der Waals surface area contributed by atoms with Gasteiger partial charge in [-0.05, 0) is 47.2 Å². The predicted octanol–water partition coefficient (Wildman–Crippen LogP) is 3.15. The number of rotatable bonds is 0. The summed E-state index contributed by atoms with van der Waals surface area (Å²) in [6.07, 6.45) is 1.05. The van der Waals surface area contributed by atoms with Crippen LogP contribution >= 0.6 is 0 Å². The van der Waals surface area contributed by atoms with Gasteiger partial charge in [-0.25, -0.2) is 0 Å². The minimum absolute atomic E-state index is 0.894. The summed E-state index contributed by atoms with van der Waals surface area (Å²) in [7, 11) is 0. The van der Waals surface area contributed by atoms with Crippen LogP contribution in [0.2, 0.25) is 0 Å². The van der Waals surface area contributed by atoms with Gasteiger partial charge in [0.25, 0.3) is 0 Å². The molecule has 0 heterocycles. The molecule has 74 valence electrons. The van der Waals surface area contributed by atoms with Gasteiger partial charge in [0.15, 0.2) is 0 Å². The fourth-order valence-corrected chi connectivity index (χ4v) is 2.43. The van der Waals surface area contributed by atoms with E-state index >= 15 is 0 Å². The minimum Gasteiger partial charge on any atom is -0.398 e.